The third-order valence-electron chi connectivity index (χ3n) is 5.25. The van der Waals surface area contributed by atoms with Crippen molar-refractivity contribution < 1.29 is 22.3 Å². The Labute approximate surface area is 203 Å². The number of ether oxygens (including phenoxy) is 1. The number of aryl methyl sites for hydroxylation is 1. The molecule has 7 nitrogen and oxygen atoms in total. The predicted molar refractivity (Wildman–Crippen MR) is 131 cm³/mol. The summed E-state index contributed by atoms with van der Waals surface area (Å²) in [5.74, 6) is -0.0101. The molecular weight excluding hydrogens is 469 g/mol. The summed E-state index contributed by atoms with van der Waals surface area (Å²) in [4.78, 5) is 12.9. The molecule has 180 valence electrons. The summed E-state index contributed by atoms with van der Waals surface area (Å²) in [7, 11) is -3.30. The van der Waals surface area contributed by atoms with Crippen LogP contribution >= 0.6 is 0 Å². The molecule has 0 aliphatic rings. The van der Waals surface area contributed by atoms with E-state index in [0.29, 0.717) is 28.4 Å². The quantitative estimate of drug-likeness (QED) is 0.369. The first-order valence-electron chi connectivity index (χ1n) is 10.9. The molecule has 4 rings (SSSR count). The monoisotopic (exact) mass is 493 g/mol. The highest BCUT2D eigenvalue weighted by Crippen LogP contribution is 2.31. The van der Waals surface area contributed by atoms with Gasteiger partial charge in [-0.1, -0.05) is 25.1 Å². The maximum absolute atomic E-state index is 13.7. The van der Waals surface area contributed by atoms with E-state index in [0.717, 1.165) is 5.56 Å². The van der Waals surface area contributed by atoms with Crippen LogP contribution in [0, 0.1) is 12.7 Å². The van der Waals surface area contributed by atoms with Gasteiger partial charge in [-0.05, 0) is 54.4 Å². The molecule has 1 aromatic heterocycles. The van der Waals surface area contributed by atoms with Crippen LogP contribution in [0.5, 0.6) is 11.5 Å². The molecule has 1 heterocycles. The van der Waals surface area contributed by atoms with Gasteiger partial charge in [0.05, 0.1) is 23.3 Å². The number of benzene rings is 3. The van der Waals surface area contributed by atoms with Crippen LogP contribution in [0.25, 0.3) is 5.69 Å². The van der Waals surface area contributed by atoms with E-state index in [-0.39, 0.29) is 23.0 Å². The van der Waals surface area contributed by atoms with Gasteiger partial charge >= 0.3 is 0 Å². The first kappa shape index (κ1) is 24.2. The van der Waals surface area contributed by atoms with Crippen molar-refractivity contribution in [3.63, 3.8) is 0 Å². The summed E-state index contributed by atoms with van der Waals surface area (Å²) in [5.41, 5.74) is 2.74. The maximum atomic E-state index is 13.7. The summed E-state index contributed by atoms with van der Waals surface area (Å²) in [6.07, 6.45) is 3.60. The topological polar surface area (TPSA) is 90.3 Å². The van der Waals surface area contributed by atoms with E-state index in [4.69, 9.17) is 4.74 Å². The van der Waals surface area contributed by atoms with Crippen LogP contribution in [0.1, 0.15) is 18.1 Å². The molecule has 0 spiro atoms. The largest absolute Gasteiger partial charge is 0.455 e. The van der Waals surface area contributed by atoms with E-state index in [9.17, 15) is 17.6 Å². The molecule has 0 unspecified atom stereocenters. The summed E-state index contributed by atoms with van der Waals surface area (Å²) >= 11 is 0. The molecule has 35 heavy (non-hydrogen) atoms. The molecule has 0 aliphatic heterocycles. The lowest BCUT2D eigenvalue weighted by Gasteiger charge is -2.14. The van der Waals surface area contributed by atoms with Gasteiger partial charge < -0.3 is 10.1 Å². The Morgan fingerprint density at radius 1 is 1.09 bits per heavy atom. The Hall–Kier alpha value is -3.98. The predicted octanol–water partition coefficient (Wildman–Crippen LogP) is 5.09. The lowest BCUT2D eigenvalue weighted by Crippen LogP contribution is -2.14. The number of hydrogen-bond acceptors (Lipinski definition) is 5. The lowest BCUT2D eigenvalue weighted by molar-refractivity contribution is -0.115. The Balaban J connectivity index is 1.55. The van der Waals surface area contributed by atoms with E-state index in [1.807, 2.05) is 13.1 Å². The SMILES string of the molecule is CCS(=O)(=O)c1ccc(CC(=O)Nc2ccc(-n3cc(C)cn3)c(Oc3cccc(F)c3)c2)cc1. The van der Waals surface area contributed by atoms with Gasteiger partial charge in [0, 0.05) is 24.0 Å². The zero-order valence-electron chi connectivity index (χ0n) is 19.2. The summed E-state index contributed by atoms with van der Waals surface area (Å²) in [5, 5.41) is 7.14. The van der Waals surface area contributed by atoms with Crippen LogP contribution in [0.15, 0.2) is 84.0 Å². The van der Waals surface area contributed by atoms with Gasteiger partial charge in [0.2, 0.25) is 5.91 Å². The number of sulfone groups is 1. The van der Waals surface area contributed by atoms with Crippen LogP contribution in [0.2, 0.25) is 0 Å². The Bertz CT molecular complexity index is 1460. The normalized spacial score (nSPS) is 11.3. The Morgan fingerprint density at radius 2 is 1.86 bits per heavy atom. The summed E-state index contributed by atoms with van der Waals surface area (Å²) < 4.78 is 45.2. The molecular formula is C26H24FN3O4S. The fourth-order valence-corrected chi connectivity index (χ4v) is 4.32. The van der Waals surface area contributed by atoms with Crippen molar-refractivity contribution in [3.05, 3.63) is 96.1 Å². The van der Waals surface area contributed by atoms with Crippen molar-refractivity contribution >= 4 is 21.4 Å². The van der Waals surface area contributed by atoms with Gasteiger partial charge in [-0.2, -0.15) is 5.10 Å². The van der Waals surface area contributed by atoms with Gasteiger partial charge in [-0.3, -0.25) is 4.79 Å². The van der Waals surface area contributed by atoms with Gasteiger partial charge in [0.25, 0.3) is 0 Å². The highest BCUT2D eigenvalue weighted by Gasteiger charge is 2.14. The summed E-state index contributed by atoms with van der Waals surface area (Å²) in [6.45, 7) is 3.50. The van der Waals surface area contributed by atoms with E-state index >= 15 is 0 Å². The third kappa shape index (κ3) is 5.93. The second kappa shape index (κ2) is 10.1. The van der Waals surface area contributed by atoms with E-state index in [1.54, 1.807) is 60.3 Å². The Kier molecular flexibility index (Phi) is 6.97. The number of nitrogens with zero attached hydrogens (tertiary/aromatic N) is 2. The molecule has 0 radical (unpaired) electrons. The fourth-order valence-electron chi connectivity index (χ4n) is 3.44. The Morgan fingerprint density at radius 3 is 2.51 bits per heavy atom. The molecule has 9 heteroatoms. The van der Waals surface area contributed by atoms with E-state index in [1.165, 1.54) is 24.3 Å². The lowest BCUT2D eigenvalue weighted by atomic mass is 10.1. The number of amides is 1. The van der Waals surface area contributed by atoms with E-state index in [2.05, 4.69) is 10.4 Å². The molecule has 0 fully saturated rings. The molecule has 0 saturated heterocycles. The maximum Gasteiger partial charge on any atom is 0.228 e. The molecule has 0 aliphatic carbocycles. The third-order valence-corrected chi connectivity index (χ3v) is 7.00. The van der Waals surface area contributed by atoms with Crippen LogP contribution in [-0.4, -0.2) is 29.9 Å². The van der Waals surface area contributed by atoms with Crippen molar-refractivity contribution in [1.82, 2.24) is 9.78 Å². The number of halogens is 1. The molecule has 1 amide bonds. The zero-order valence-corrected chi connectivity index (χ0v) is 20.0. The highest BCUT2D eigenvalue weighted by atomic mass is 32.2. The molecule has 0 atom stereocenters. The van der Waals surface area contributed by atoms with E-state index < -0.39 is 15.7 Å². The highest BCUT2D eigenvalue weighted by molar-refractivity contribution is 7.91. The minimum Gasteiger partial charge on any atom is -0.455 e. The minimum atomic E-state index is -3.30. The first-order valence-corrected chi connectivity index (χ1v) is 12.6. The molecule has 0 bridgehead atoms. The average molecular weight is 494 g/mol. The average Bonchev–Trinajstić information content (AvgIpc) is 3.25. The second-order valence-electron chi connectivity index (χ2n) is 7.98. The standard InChI is InChI=1S/C26H24FN3O4S/c1-3-35(32,33)23-10-7-19(8-11-23)13-26(31)29-21-9-12-24(30-17-18(2)16-28-30)25(15-21)34-22-6-4-5-20(27)14-22/h4-12,14-17H,3,13H2,1-2H3,(H,29,31). The zero-order chi connectivity index (χ0) is 25.0. The van der Waals surface area contributed by atoms with Gasteiger partial charge in [0.1, 0.15) is 17.3 Å². The molecule has 3 aromatic carbocycles. The number of carbonyl (C=O) groups excluding carboxylic acids is 1. The van der Waals surface area contributed by atoms with Gasteiger partial charge in [-0.15, -0.1) is 0 Å². The number of nitrogens with one attached hydrogen (secondary N) is 1. The number of anilines is 1. The van der Waals surface area contributed by atoms with Crippen molar-refractivity contribution in [2.45, 2.75) is 25.2 Å². The van der Waals surface area contributed by atoms with Gasteiger partial charge in [0.15, 0.2) is 15.6 Å². The second-order valence-corrected chi connectivity index (χ2v) is 10.3. The van der Waals surface area contributed by atoms with Crippen molar-refractivity contribution in [3.8, 4) is 17.2 Å². The van der Waals surface area contributed by atoms with Crippen LogP contribution in [0.4, 0.5) is 10.1 Å². The van der Waals surface area contributed by atoms with Crippen molar-refractivity contribution in [1.29, 1.82) is 0 Å². The number of aromatic nitrogens is 2. The minimum absolute atomic E-state index is 0.0148. The van der Waals surface area contributed by atoms with Crippen molar-refractivity contribution in [2.75, 3.05) is 11.1 Å². The van der Waals surface area contributed by atoms with Crippen LogP contribution in [-0.2, 0) is 21.1 Å². The van der Waals surface area contributed by atoms with Crippen LogP contribution < -0.4 is 10.1 Å². The molecule has 4 aromatic rings. The molecule has 0 saturated carbocycles. The number of carbonyl (C=O) groups is 1. The number of rotatable bonds is 8. The fraction of sp³-hybridized carbons (Fsp3) is 0.154. The molecule has 1 N–H and O–H groups in total. The van der Waals surface area contributed by atoms with Crippen LogP contribution in [0.3, 0.4) is 0 Å². The number of hydrogen-bond donors (Lipinski definition) is 1. The first-order chi connectivity index (χ1) is 16.7. The summed E-state index contributed by atoms with van der Waals surface area (Å²) in [6, 6.07) is 17.2. The van der Waals surface area contributed by atoms with Crippen molar-refractivity contribution in [2.24, 2.45) is 0 Å². The van der Waals surface area contributed by atoms with Gasteiger partial charge in [-0.25, -0.2) is 17.5 Å². The smallest absolute Gasteiger partial charge is 0.228 e.